The van der Waals surface area contributed by atoms with Crippen LogP contribution in [0.4, 0.5) is 0 Å². The zero-order valence-electron chi connectivity index (χ0n) is 13.2. The fourth-order valence-corrected chi connectivity index (χ4v) is 2.78. The maximum Gasteiger partial charge on any atom is 0.0481 e. The zero-order chi connectivity index (χ0) is 14.3. The fourth-order valence-electron chi connectivity index (χ4n) is 2.78. The molecule has 0 aliphatic heterocycles. The Hall–Kier alpha value is -0.0800. The average molecular weight is 272 g/mol. The summed E-state index contributed by atoms with van der Waals surface area (Å²) >= 11 is 0. The molecule has 0 aromatic heterocycles. The van der Waals surface area contributed by atoms with Crippen LogP contribution in [0.25, 0.3) is 0 Å². The van der Waals surface area contributed by atoms with Crippen LogP contribution in [0.15, 0.2) is 0 Å². The lowest BCUT2D eigenvalue weighted by molar-refractivity contribution is 0.125. The molecule has 2 nitrogen and oxygen atoms in total. The van der Waals surface area contributed by atoms with Gasteiger partial charge in [-0.25, -0.2) is 0 Å². The summed E-state index contributed by atoms with van der Waals surface area (Å²) in [6, 6.07) is 0. The van der Waals surface area contributed by atoms with E-state index < -0.39 is 0 Å². The van der Waals surface area contributed by atoms with Gasteiger partial charge in [-0.3, -0.25) is 0 Å². The molecule has 0 atom stereocenters. The predicted octanol–water partition coefficient (Wildman–Crippen LogP) is 4.53. The molecule has 0 saturated heterocycles. The molecule has 0 aromatic carbocycles. The average Bonchev–Trinajstić information content (AvgIpc) is 2.44. The highest BCUT2D eigenvalue weighted by Crippen LogP contribution is 2.25. The van der Waals surface area contributed by atoms with Gasteiger partial charge in [0.05, 0.1) is 0 Å². The number of hydrogen-bond acceptors (Lipinski definition) is 2. The number of aliphatic hydroxyl groups is 2. The molecule has 0 saturated carbocycles. The second kappa shape index (κ2) is 14.3. The molecule has 0 bridgehead atoms. The van der Waals surface area contributed by atoms with E-state index in [0.717, 1.165) is 6.42 Å². The maximum absolute atomic E-state index is 9.23. The smallest absolute Gasteiger partial charge is 0.0481 e. The maximum atomic E-state index is 9.23. The second-order valence-corrected chi connectivity index (χ2v) is 6.03. The molecule has 0 heterocycles. The van der Waals surface area contributed by atoms with Crippen LogP contribution >= 0.6 is 0 Å². The Morgan fingerprint density at radius 2 is 1.11 bits per heavy atom. The normalized spacial score (nSPS) is 11.7. The van der Waals surface area contributed by atoms with Gasteiger partial charge in [0.1, 0.15) is 0 Å². The monoisotopic (exact) mass is 272 g/mol. The van der Waals surface area contributed by atoms with E-state index in [9.17, 15) is 10.2 Å². The lowest BCUT2D eigenvalue weighted by Crippen LogP contribution is -2.16. The summed E-state index contributed by atoms with van der Waals surface area (Å²) in [7, 11) is 0. The molecular formula is C17H36O2. The van der Waals surface area contributed by atoms with E-state index in [1.54, 1.807) is 0 Å². The molecule has 0 unspecified atom stereocenters. The van der Waals surface area contributed by atoms with Crippen molar-refractivity contribution in [2.45, 2.75) is 84.5 Å². The van der Waals surface area contributed by atoms with Crippen molar-refractivity contribution in [3.05, 3.63) is 0 Å². The molecule has 116 valence electrons. The van der Waals surface area contributed by atoms with E-state index in [4.69, 9.17) is 0 Å². The van der Waals surface area contributed by atoms with Crippen LogP contribution in [0, 0.1) is 11.8 Å². The van der Waals surface area contributed by atoms with E-state index >= 15 is 0 Å². The quantitative estimate of drug-likeness (QED) is 0.456. The largest absolute Gasteiger partial charge is 0.396 e. The lowest BCUT2D eigenvalue weighted by atomic mass is 9.87. The SMILES string of the molecule is CCCCCCC(CCCCCC)CC(CO)CO. The van der Waals surface area contributed by atoms with Crippen LogP contribution in [-0.4, -0.2) is 23.4 Å². The van der Waals surface area contributed by atoms with Crippen molar-refractivity contribution in [3.63, 3.8) is 0 Å². The van der Waals surface area contributed by atoms with Crippen LogP contribution in [0.1, 0.15) is 84.5 Å². The van der Waals surface area contributed by atoms with Crippen molar-refractivity contribution >= 4 is 0 Å². The fraction of sp³-hybridized carbons (Fsp3) is 1.00. The summed E-state index contributed by atoms with van der Waals surface area (Å²) in [5, 5.41) is 18.5. The number of aliphatic hydroxyl groups excluding tert-OH is 2. The summed E-state index contributed by atoms with van der Waals surface area (Å²) < 4.78 is 0. The van der Waals surface area contributed by atoms with Crippen molar-refractivity contribution < 1.29 is 10.2 Å². The van der Waals surface area contributed by atoms with Gasteiger partial charge in [-0.15, -0.1) is 0 Å². The van der Waals surface area contributed by atoms with Gasteiger partial charge in [0.2, 0.25) is 0 Å². The highest BCUT2D eigenvalue weighted by molar-refractivity contribution is 4.66. The van der Waals surface area contributed by atoms with Gasteiger partial charge in [0, 0.05) is 19.1 Å². The number of rotatable bonds is 14. The molecule has 0 aliphatic carbocycles. The number of hydrogen-bond donors (Lipinski definition) is 2. The molecule has 0 radical (unpaired) electrons. The standard InChI is InChI=1S/C17H36O2/c1-3-5-7-9-11-16(12-10-8-6-4-2)13-17(14-18)15-19/h16-19H,3-15H2,1-2H3. The Balaban J connectivity index is 3.91. The molecule has 0 rings (SSSR count). The van der Waals surface area contributed by atoms with Gasteiger partial charge in [-0.1, -0.05) is 78.1 Å². The van der Waals surface area contributed by atoms with Gasteiger partial charge >= 0.3 is 0 Å². The molecule has 0 aliphatic rings. The Bertz CT molecular complexity index is 155. The summed E-state index contributed by atoms with van der Waals surface area (Å²) in [6.07, 6.45) is 14.1. The van der Waals surface area contributed by atoms with E-state index in [1.165, 1.54) is 64.2 Å². The molecular weight excluding hydrogens is 236 g/mol. The van der Waals surface area contributed by atoms with Crippen molar-refractivity contribution in [1.29, 1.82) is 0 Å². The summed E-state index contributed by atoms with van der Waals surface area (Å²) in [4.78, 5) is 0. The van der Waals surface area contributed by atoms with Crippen molar-refractivity contribution in [2.24, 2.45) is 11.8 Å². The van der Waals surface area contributed by atoms with E-state index in [-0.39, 0.29) is 19.1 Å². The van der Waals surface area contributed by atoms with E-state index in [0.29, 0.717) is 5.92 Å². The highest BCUT2D eigenvalue weighted by Gasteiger charge is 2.15. The molecule has 0 fully saturated rings. The highest BCUT2D eigenvalue weighted by atomic mass is 16.3. The van der Waals surface area contributed by atoms with Crippen LogP contribution in [-0.2, 0) is 0 Å². The second-order valence-electron chi connectivity index (χ2n) is 6.03. The van der Waals surface area contributed by atoms with Gasteiger partial charge in [0.15, 0.2) is 0 Å². The van der Waals surface area contributed by atoms with Crippen LogP contribution < -0.4 is 0 Å². The molecule has 2 N–H and O–H groups in total. The van der Waals surface area contributed by atoms with Crippen LogP contribution in [0.3, 0.4) is 0 Å². The molecule has 0 aromatic rings. The lowest BCUT2D eigenvalue weighted by Gasteiger charge is -2.21. The summed E-state index contributed by atoms with van der Waals surface area (Å²) in [6.45, 7) is 4.76. The third kappa shape index (κ3) is 11.4. The van der Waals surface area contributed by atoms with E-state index in [2.05, 4.69) is 13.8 Å². The van der Waals surface area contributed by atoms with Gasteiger partial charge < -0.3 is 10.2 Å². The van der Waals surface area contributed by atoms with Crippen molar-refractivity contribution in [2.75, 3.05) is 13.2 Å². The zero-order valence-corrected chi connectivity index (χ0v) is 13.2. The summed E-state index contributed by atoms with van der Waals surface area (Å²) in [5.74, 6) is 0.806. The first-order chi connectivity index (χ1) is 9.28. The first-order valence-corrected chi connectivity index (χ1v) is 8.50. The topological polar surface area (TPSA) is 40.5 Å². The van der Waals surface area contributed by atoms with Gasteiger partial charge in [-0.2, -0.15) is 0 Å². The molecule has 0 amide bonds. The predicted molar refractivity (Wildman–Crippen MR) is 83.3 cm³/mol. The Labute approximate surface area is 120 Å². The summed E-state index contributed by atoms with van der Waals surface area (Å²) in [5.41, 5.74) is 0. The van der Waals surface area contributed by atoms with Gasteiger partial charge in [-0.05, 0) is 12.3 Å². The van der Waals surface area contributed by atoms with Crippen LogP contribution in [0.2, 0.25) is 0 Å². The Morgan fingerprint density at radius 1 is 0.632 bits per heavy atom. The Kier molecular flexibility index (Phi) is 14.3. The molecule has 19 heavy (non-hydrogen) atoms. The van der Waals surface area contributed by atoms with Crippen molar-refractivity contribution in [1.82, 2.24) is 0 Å². The van der Waals surface area contributed by atoms with Crippen LogP contribution in [0.5, 0.6) is 0 Å². The minimum absolute atomic E-state index is 0.0994. The van der Waals surface area contributed by atoms with Crippen molar-refractivity contribution in [3.8, 4) is 0 Å². The Morgan fingerprint density at radius 3 is 1.47 bits per heavy atom. The third-order valence-corrected chi connectivity index (χ3v) is 4.11. The van der Waals surface area contributed by atoms with E-state index in [1.807, 2.05) is 0 Å². The molecule has 0 spiro atoms. The molecule has 2 heteroatoms. The minimum atomic E-state index is 0.0994. The third-order valence-electron chi connectivity index (χ3n) is 4.11. The van der Waals surface area contributed by atoms with Gasteiger partial charge in [0.25, 0.3) is 0 Å². The number of unbranched alkanes of at least 4 members (excludes halogenated alkanes) is 6. The minimum Gasteiger partial charge on any atom is -0.396 e. The first kappa shape index (κ1) is 18.9. The first-order valence-electron chi connectivity index (χ1n) is 8.50.